The Bertz CT molecular complexity index is 318. The lowest BCUT2D eigenvalue weighted by Gasteiger charge is -2.27. The lowest BCUT2D eigenvalue weighted by atomic mass is 9.82. The fourth-order valence-corrected chi connectivity index (χ4v) is 2.49. The van der Waals surface area contributed by atoms with Gasteiger partial charge in [0.2, 0.25) is 0 Å². The smallest absolute Gasteiger partial charge is 0.0835 e. The summed E-state index contributed by atoms with van der Waals surface area (Å²) in [6.07, 6.45) is 9.47. The zero-order valence-electron chi connectivity index (χ0n) is 9.32. The van der Waals surface area contributed by atoms with Crippen LogP contribution in [0.15, 0.2) is 18.5 Å². The van der Waals surface area contributed by atoms with Crippen molar-refractivity contribution >= 4 is 0 Å². The topological polar surface area (TPSA) is 33.1 Å². The number of nitrogens with zero attached hydrogens (tertiary/aromatic N) is 1. The molecule has 0 aliphatic heterocycles. The zero-order chi connectivity index (χ0) is 10.7. The van der Waals surface area contributed by atoms with Crippen LogP contribution < -0.4 is 0 Å². The third-order valence-electron chi connectivity index (χ3n) is 3.49. The Kier molecular flexibility index (Phi) is 3.37. The number of hydrogen-bond acceptors (Lipinski definition) is 2. The first-order chi connectivity index (χ1) is 7.29. The van der Waals surface area contributed by atoms with Crippen molar-refractivity contribution in [1.29, 1.82) is 0 Å². The lowest BCUT2D eigenvalue weighted by molar-refractivity contribution is 0.0840. The molecule has 1 unspecified atom stereocenters. The van der Waals surface area contributed by atoms with Gasteiger partial charge >= 0.3 is 0 Å². The van der Waals surface area contributed by atoms with Gasteiger partial charge in [-0.3, -0.25) is 4.98 Å². The van der Waals surface area contributed by atoms with Gasteiger partial charge in [-0.2, -0.15) is 0 Å². The molecule has 0 saturated heterocycles. The molecular formula is C13H19NO. The first kappa shape index (κ1) is 10.6. The van der Waals surface area contributed by atoms with Crippen molar-refractivity contribution in [3.05, 3.63) is 29.6 Å². The second-order valence-electron chi connectivity index (χ2n) is 4.58. The second-order valence-corrected chi connectivity index (χ2v) is 4.58. The van der Waals surface area contributed by atoms with Crippen molar-refractivity contribution in [3.8, 4) is 0 Å². The van der Waals surface area contributed by atoms with Gasteiger partial charge in [0.1, 0.15) is 0 Å². The molecule has 1 saturated carbocycles. The molecule has 15 heavy (non-hydrogen) atoms. The monoisotopic (exact) mass is 205 g/mol. The number of hydrogen-bond donors (Lipinski definition) is 1. The third-order valence-corrected chi connectivity index (χ3v) is 3.49. The Balaban J connectivity index is 2.12. The third kappa shape index (κ3) is 2.37. The summed E-state index contributed by atoms with van der Waals surface area (Å²) in [5.74, 6) is 0.446. The van der Waals surface area contributed by atoms with E-state index in [1.165, 1.54) is 19.3 Å². The average molecular weight is 205 g/mol. The van der Waals surface area contributed by atoms with Gasteiger partial charge in [0.25, 0.3) is 0 Å². The summed E-state index contributed by atoms with van der Waals surface area (Å²) in [4.78, 5) is 4.10. The predicted octanol–water partition coefficient (Wildman–Crippen LogP) is 3.00. The molecular weight excluding hydrogens is 186 g/mol. The molecule has 2 nitrogen and oxygen atoms in total. The standard InChI is InChI=1S/C13H19NO/c1-10-7-8-14-9-12(10)13(15)11-5-3-2-4-6-11/h7-9,11,13,15H,2-6H2,1H3. The van der Waals surface area contributed by atoms with Crippen LogP contribution in [-0.4, -0.2) is 10.1 Å². The van der Waals surface area contributed by atoms with Crippen LogP contribution in [0, 0.1) is 12.8 Å². The summed E-state index contributed by atoms with van der Waals surface area (Å²) >= 11 is 0. The SMILES string of the molecule is Cc1ccncc1C(O)C1CCCCC1. The molecule has 1 aromatic rings. The Labute approximate surface area is 91.4 Å². The van der Waals surface area contributed by atoms with Crippen LogP contribution in [0.25, 0.3) is 0 Å². The lowest BCUT2D eigenvalue weighted by Crippen LogP contribution is -2.16. The van der Waals surface area contributed by atoms with Crippen LogP contribution >= 0.6 is 0 Å². The quantitative estimate of drug-likeness (QED) is 0.805. The molecule has 0 aromatic carbocycles. The number of rotatable bonds is 2. The highest BCUT2D eigenvalue weighted by atomic mass is 16.3. The van der Waals surface area contributed by atoms with Crippen LogP contribution in [0.2, 0.25) is 0 Å². The first-order valence-corrected chi connectivity index (χ1v) is 5.87. The van der Waals surface area contributed by atoms with E-state index in [9.17, 15) is 5.11 Å². The van der Waals surface area contributed by atoms with Gasteiger partial charge in [0, 0.05) is 18.0 Å². The number of pyridine rings is 1. The summed E-state index contributed by atoms with van der Waals surface area (Å²) in [5.41, 5.74) is 2.17. The maximum absolute atomic E-state index is 10.3. The summed E-state index contributed by atoms with van der Waals surface area (Å²) < 4.78 is 0. The van der Waals surface area contributed by atoms with E-state index in [1.54, 1.807) is 6.20 Å². The summed E-state index contributed by atoms with van der Waals surface area (Å²) in [7, 11) is 0. The molecule has 1 aromatic heterocycles. The van der Waals surface area contributed by atoms with Crippen LogP contribution in [0.1, 0.15) is 49.3 Å². The fraction of sp³-hybridized carbons (Fsp3) is 0.615. The van der Waals surface area contributed by atoms with Crippen molar-refractivity contribution < 1.29 is 5.11 Å². The van der Waals surface area contributed by atoms with Crippen molar-refractivity contribution in [3.63, 3.8) is 0 Å². The van der Waals surface area contributed by atoms with Gasteiger partial charge in [-0.05, 0) is 37.3 Å². The van der Waals surface area contributed by atoms with E-state index in [-0.39, 0.29) is 6.10 Å². The minimum atomic E-state index is -0.306. The number of aliphatic hydroxyl groups excluding tert-OH is 1. The number of aliphatic hydroxyl groups is 1. The van der Waals surface area contributed by atoms with Crippen LogP contribution in [-0.2, 0) is 0 Å². The molecule has 0 spiro atoms. The molecule has 82 valence electrons. The van der Waals surface area contributed by atoms with Gasteiger partial charge in [-0.15, -0.1) is 0 Å². The highest BCUT2D eigenvalue weighted by molar-refractivity contribution is 5.24. The van der Waals surface area contributed by atoms with Gasteiger partial charge in [-0.1, -0.05) is 19.3 Å². The Morgan fingerprint density at radius 2 is 2.07 bits per heavy atom. The summed E-state index contributed by atoms with van der Waals surface area (Å²) in [6.45, 7) is 2.04. The summed E-state index contributed by atoms with van der Waals surface area (Å²) in [5, 5.41) is 10.3. The van der Waals surface area contributed by atoms with Crippen molar-refractivity contribution in [2.24, 2.45) is 5.92 Å². The van der Waals surface area contributed by atoms with Gasteiger partial charge in [0.15, 0.2) is 0 Å². The minimum absolute atomic E-state index is 0.306. The van der Waals surface area contributed by atoms with Crippen molar-refractivity contribution in [2.45, 2.75) is 45.1 Å². The number of aryl methyl sites for hydroxylation is 1. The van der Waals surface area contributed by atoms with E-state index in [0.717, 1.165) is 24.0 Å². The van der Waals surface area contributed by atoms with E-state index in [0.29, 0.717) is 5.92 Å². The zero-order valence-corrected chi connectivity index (χ0v) is 9.32. The minimum Gasteiger partial charge on any atom is -0.388 e. The van der Waals surface area contributed by atoms with E-state index in [2.05, 4.69) is 4.98 Å². The fourth-order valence-electron chi connectivity index (χ4n) is 2.49. The van der Waals surface area contributed by atoms with E-state index in [1.807, 2.05) is 19.2 Å². The molecule has 0 radical (unpaired) electrons. The highest BCUT2D eigenvalue weighted by Gasteiger charge is 2.23. The molecule has 0 bridgehead atoms. The van der Waals surface area contributed by atoms with Gasteiger partial charge < -0.3 is 5.11 Å². The Hall–Kier alpha value is -0.890. The van der Waals surface area contributed by atoms with Crippen LogP contribution in [0.4, 0.5) is 0 Å². The number of aromatic nitrogens is 1. The second kappa shape index (κ2) is 4.75. The molecule has 2 heteroatoms. The van der Waals surface area contributed by atoms with Crippen LogP contribution in [0.3, 0.4) is 0 Å². The molecule has 1 aliphatic rings. The molecule has 1 aliphatic carbocycles. The Morgan fingerprint density at radius 1 is 1.33 bits per heavy atom. The maximum Gasteiger partial charge on any atom is 0.0835 e. The normalized spacial score (nSPS) is 20.1. The Morgan fingerprint density at radius 3 is 2.73 bits per heavy atom. The largest absolute Gasteiger partial charge is 0.388 e. The molecule has 1 heterocycles. The van der Waals surface area contributed by atoms with Gasteiger partial charge in [0.05, 0.1) is 6.10 Å². The molecule has 1 atom stereocenters. The maximum atomic E-state index is 10.3. The van der Waals surface area contributed by atoms with Crippen molar-refractivity contribution in [1.82, 2.24) is 4.98 Å². The van der Waals surface area contributed by atoms with E-state index in [4.69, 9.17) is 0 Å². The van der Waals surface area contributed by atoms with Crippen molar-refractivity contribution in [2.75, 3.05) is 0 Å². The molecule has 2 rings (SSSR count). The highest BCUT2D eigenvalue weighted by Crippen LogP contribution is 2.34. The van der Waals surface area contributed by atoms with E-state index >= 15 is 0 Å². The van der Waals surface area contributed by atoms with Gasteiger partial charge in [-0.25, -0.2) is 0 Å². The van der Waals surface area contributed by atoms with Crippen LogP contribution in [0.5, 0.6) is 0 Å². The van der Waals surface area contributed by atoms with E-state index < -0.39 is 0 Å². The molecule has 0 amide bonds. The predicted molar refractivity (Wildman–Crippen MR) is 60.5 cm³/mol. The first-order valence-electron chi connectivity index (χ1n) is 5.87. The summed E-state index contributed by atoms with van der Waals surface area (Å²) in [6, 6.07) is 1.97. The molecule has 1 fully saturated rings. The molecule has 1 N–H and O–H groups in total. The average Bonchev–Trinajstić information content (AvgIpc) is 2.30.